The van der Waals surface area contributed by atoms with Gasteiger partial charge in [-0.15, -0.1) is 0 Å². The van der Waals surface area contributed by atoms with Crippen LogP contribution in [0.1, 0.15) is 5.56 Å². The molecule has 0 aliphatic carbocycles. The van der Waals surface area contributed by atoms with E-state index >= 15 is 0 Å². The van der Waals surface area contributed by atoms with E-state index in [2.05, 4.69) is 31.6 Å². The number of benzene rings is 1. The number of nitrogens with two attached hydrogens (primary N) is 1. The number of primary amides is 1. The molecule has 9 nitrogen and oxygen atoms in total. The predicted octanol–water partition coefficient (Wildman–Crippen LogP) is 2.70. The molecule has 2 aromatic heterocycles. The lowest BCUT2D eigenvalue weighted by Crippen LogP contribution is -2.35. The molecule has 4 rings (SSSR count). The Labute approximate surface area is 174 Å². The Kier molecular flexibility index (Phi) is 5.92. The number of carbonyl (C=O) groups is 1. The summed E-state index contributed by atoms with van der Waals surface area (Å²) in [5.41, 5.74) is 7.26. The number of anilines is 3. The lowest BCUT2D eigenvalue weighted by atomic mass is 10.0. The summed E-state index contributed by atoms with van der Waals surface area (Å²) in [6, 6.07) is 10.8. The summed E-state index contributed by atoms with van der Waals surface area (Å²) < 4.78 is 10.7. The number of nitrogens with zero attached hydrogens (tertiary/aromatic N) is 3. The lowest BCUT2D eigenvalue weighted by molar-refractivity contribution is 0.0344. The van der Waals surface area contributed by atoms with Gasteiger partial charge in [-0.05, 0) is 29.1 Å². The molecule has 4 N–H and O–H groups in total. The average molecular weight is 408 g/mol. The van der Waals surface area contributed by atoms with Gasteiger partial charge in [0.05, 0.1) is 20.3 Å². The SMILES string of the molecule is COc1cccc(Nc2ccc(CN3CCOCC3)c3cc(NC(N)=O)ncc23)n1. The molecule has 0 unspecified atom stereocenters. The zero-order valence-corrected chi connectivity index (χ0v) is 16.7. The van der Waals surface area contributed by atoms with E-state index in [-0.39, 0.29) is 0 Å². The van der Waals surface area contributed by atoms with Crippen LogP contribution in [-0.2, 0) is 11.3 Å². The molecule has 3 heterocycles. The molecule has 1 saturated heterocycles. The van der Waals surface area contributed by atoms with Gasteiger partial charge in [0.2, 0.25) is 5.88 Å². The van der Waals surface area contributed by atoms with E-state index in [4.69, 9.17) is 15.2 Å². The van der Waals surface area contributed by atoms with E-state index in [1.807, 2.05) is 24.3 Å². The second kappa shape index (κ2) is 8.93. The Morgan fingerprint density at radius 2 is 2.03 bits per heavy atom. The lowest BCUT2D eigenvalue weighted by Gasteiger charge is -2.27. The number of hydrogen-bond donors (Lipinski definition) is 3. The van der Waals surface area contributed by atoms with Crippen LogP contribution in [0.15, 0.2) is 42.6 Å². The van der Waals surface area contributed by atoms with Gasteiger partial charge in [-0.1, -0.05) is 12.1 Å². The highest BCUT2D eigenvalue weighted by atomic mass is 16.5. The largest absolute Gasteiger partial charge is 0.481 e. The summed E-state index contributed by atoms with van der Waals surface area (Å²) in [6.07, 6.45) is 1.73. The van der Waals surface area contributed by atoms with Crippen molar-refractivity contribution in [1.82, 2.24) is 14.9 Å². The third-order valence-electron chi connectivity index (χ3n) is 4.94. The Hall–Kier alpha value is -3.43. The number of urea groups is 1. The van der Waals surface area contributed by atoms with Crippen molar-refractivity contribution in [3.05, 3.63) is 48.2 Å². The van der Waals surface area contributed by atoms with Gasteiger partial charge in [-0.2, -0.15) is 4.98 Å². The highest BCUT2D eigenvalue weighted by Gasteiger charge is 2.15. The van der Waals surface area contributed by atoms with E-state index in [9.17, 15) is 4.79 Å². The zero-order valence-electron chi connectivity index (χ0n) is 16.7. The molecule has 0 saturated carbocycles. The normalized spacial score (nSPS) is 14.4. The topological polar surface area (TPSA) is 115 Å². The minimum absolute atomic E-state index is 0.412. The highest BCUT2D eigenvalue weighted by molar-refractivity contribution is 5.99. The molecule has 0 radical (unpaired) electrons. The third-order valence-corrected chi connectivity index (χ3v) is 4.94. The minimum atomic E-state index is -0.647. The van der Waals surface area contributed by atoms with Crippen LogP contribution in [0.5, 0.6) is 5.88 Å². The number of hydrogen-bond acceptors (Lipinski definition) is 7. The third kappa shape index (κ3) is 4.58. The maximum Gasteiger partial charge on any atom is 0.317 e. The van der Waals surface area contributed by atoms with Crippen molar-refractivity contribution in [2.24, 2.45) is 5.73 Å². The number of ether oxygens (including phenoxy) is 2. The number of pyridine rings is 2. The first kappa shape index (κ1) is 19.9. The summed E-state index contributed by atoms with van der Waals surface area (Å²) in [7, 11) is 1.58. The fraction of sp³-hybridized carbons (Fsp3) is 0.286. The van der Waals surface area contributed by atoms with Crippen LogP contribution in [0.4, 0.5) is 22.1 Å². The van der Waals surface area contributed by atoms with E-state index < -0.39 is 6.03 Å². The van der Waals surface area contributed by atoms with E-state index in [0.717, 1.165) is 54.9 Å². The fourth-order valence-corrected chi connectivity index (χ4v) is 3.48. The molecule has 1 aliphatic rings. The molecule has 9 heteroatoms. The van der Waals surface area contributed by atoms with Gasteiger partial charge in [-0.25, -0.2) is 9.78 Å². The van der Waals surface area contributed by atoms with Crippen LogP contribution in [0.3, 0.4) is 0 Å². The molecule has 0 spiro atoms. The van der Waals surface area contributed by atoms with Crippen molar-refractivity contribution >= 4 is 34.1 Å². The van der Waals surface area contributed by atoms with Crippen molar-refractivity contribution < 1.29 is 14.3 Å². The fourth-order valence-electron chi connectivity index (χ4n) is 3.48. The molecular weight excluding hydrogens is 384 g/mol. The summed E-state index contributed by atoms with van der Waals surface area (Å²) in [4.78, 5) is 22.4. The van der Waals surface area contributed by atoms with Gasteiger partial charge in [0.15, 0.2) is 0 Å². The second-order valence-corrected chi connectivity index (χ2v) is 6.96. The highest BCUT2D eigenvalue weighted by Crippen LogP contribution is 2.31. The number of amides is 2. The summed E-state index contributed by atoms with van der Waals surface area (Å²) >= 11 is 0. The van der Waals surface area contributed by atoms with E-state index in [1.54, 1.807) is 19.4 Å². The Balaban J connectivity index is 1.71. The summed E-state index contributed by atoms with van der Waals surface area (Å²) in [5, 5.41) is 7.79. The molecule has 0 bridgehead atoms. The van der Waals surface area contributed by atoms with Gasteiger partial charge < -0.3 is 20.5 Å². The van der Waals surface area contributed by atoms with Crippen LogP contribution in [0, 0.1) is 0 Å². The van der Waals surface area contributed by atoms with Crippen molar-refractivity contribution in [2.45, 2.75) is 6.54 Å². The number of aromatic nitrogens is 2. The molecule has 30 heavy (non-hydrogen) atoms. The number of carbonyl (C=O) groups excluding carboxylic acids is 1. The van der Waals surface area contributed by atoms with Crippen LogP contribution in [0.2, 0.25) is 0 Å². The summed E-state index contributed by atoms with van der Waals surface area (Å²) in [5.74, 6) is 1.60. The van der Waals surface area contributed by atoms with Gasteiger partial charge in [-0.3, -0.25) is 10.2 Å². The van der Waals surface area contributed by atoms with E-state index in [0.29, 0.717) is 17.5 Å². The molecule has 1 fully saturated rings. The average Bonchev–Trinajstić information content (AvgIpc) is 2.76. The predicted molar refractivity (Wildman–Crippen MR) is 115 cm³/mol. The van der Waals surface area contributed by atoms with Crippen LogP contribution in [0.25, 0.3) is 10.8 Å². The maximum absolute atomic E-state index is 11.3. The van der Waals surface area contributed by atoms with E-state index in [1.165, 1.54) is 0 Å². The molecule has 2 amide bonds. The molecule has 3 aromatic rings. The second-order valence-electron chi connectivity index (χ2n) is 6.96. The molecule has 1 aromatic carbocycles. The number of rotatable bonds is 6. The number of morpholine rings is 1. The number of fused-ring (bicyclic) bond motifs is 1. The Morgan fingerprint density at radius 1 is 1.20 bits per heavy atom. The first-order valence-corrected chi connectivity index (χ1v) is 9.68. The molecule has 1 aliphatic heterocycles. The van der Waals surface area contributed by atoms with Crippen LogP contribution in [-0.4, -0.2) is 54.3 Å². The van der Waals surface area contributed by atoms with Crippen molar-refractivity contribution in [1.29, 1.82) is 0 Å². The monoisotopic (exact) mass is 408 g/mol. The van der Waals surface area contributed by atoms with Gasteiger partial charge in [0, 0.05) is 43.0 Å². The standard InChI is InChI=1S/C21H24N6O3/c1-29-20-4-2-3-18(25-20)24-17-6-5-14(13-27-7-9-30-10-8-27)15-11-19(26-21(22)28)23-12-16(15)17/h2-6,11-12H,7-10,13H2,1H3,(H,24,25)(H3,22,23,26,28). The Morgan fingerprint density at radius 3 is 2.80 bits per heavy atom. The quantitative estimate of drug-likeness (QED) is 0.574. The molecular formula is C21H24N6O3. The van der Waals surface area contributed by atoms with Crippen LogP contribution < -0.4 is 21.1 Å². The smallest absolute Gasteiger partial charge is 0.317 e. The van der Waals surface area contributed by atoms with Gasteiger partial charge in [0.25, 0.3) is 0 Å². The maximum atomic E-state index is 11.3. The van der Waals surface area contributed by atoms with Gasteiger partial charge in [0.1, 0.15) is 11.6 Å². The minimum Gasteiger partial charge on any atom is -0.481 e. The first-order chi connectivity index (χ1) is 14.6. The summed E-state index contributed by atoms with van der Waals surface area (Å²) in [6.45, 7) is 4.00. The molecule has 156 valence electrons. The molecule has 0 atom stereocenters. The first-order valence-electron chi connectivity index (χ1n) is 9.68. The zero-order chi connectivity index (χ0) is 20.9. The van der Waals surface area contributed by atoms with Gasteiger partial charge >= 0.3 is 6.03 Å². The van der Waals surface area contributed by atoms with Crippen molar-refractivity contribution in [3.8, 4) is 5.88 Å². The van der Waals surface area contributed by atoms with Crippen LogP contribution >= 0.6 is 0 Å². The number of methoxy groups -OCH3 is 1. The van der Waals surface area contributed by atoms with Crippen molar-refractivity contribution in [2.75, 3.05) is 44.0 Å². The van der Waals surface area contributed by atoms with Crippen molar-refractivity contribution in [3.63, 3.8) is 0 Å². The Bertz CT molecular complexity index is 1050. The number of nitrogens with one attached hydrogen (secondary N) is 2.